The van der Waals surface area contributed by atoms with E-state index in [0.717, 1.165) is 5.56 Å². The second-order valence-corrected chi connectivity index (χ2v) is 4.58. The van der Waals surface area contributed by atoms with Gasteiger partial charge in [0.25, 0.3) is 0 Å². The minimum absolute atomic E-state index is 0.212. The SMILES string of the molecule is N#Cc1ccccc1OC(=O)CCc1ccccc1Cl. The third kappa shape index (κ3) is 3.59. The van der Waals surface area contributed by atoms with Crippen molar-refractivity contribution < 1.29 is 9.53 Å². The molecular formula is C16H12ClNO2. The third-order valence-electron chi connectivity index (χ3n) is 2.79. The molecular weight excluding hydrogens is 274 g/mol. The fourth-order valence-corrected chi connectivity index (χ4v) is 1.99. The lowest BCUT2D eigenvalue weighted by Gasteiger charge is -2.06. The molecule has 0 amide bonds. The maximum absolute atomic E-state index is 11.8. The number of nitrogens with zero attached hydrogens (tertiary/aromatic N) is 1. The van der Waals surface area contributed by atoms with Crippen LogP contribution in [0.3, 0.4) is 0 Å². The predicted octanol–water partition coefficient (Wildman–Crippen LogP) is 3.75. The Kier molecular flexibility index (Phi) is 4.75. The van der Waals surface area contributed by atoms with Crippen LogP contribution in [0.5, 0.6) is 5.75 Å². The van der Waals surface area contributed by atoms with E-state index in [9.17, 15) is 4.79 Å². The zero-order chi connectivity index (χ0) is 14.4. The standard InChI is InChI=1S/C16H12ClNO2/c17-14-7-3-1-5-12(14)9-10-16(19)20-15-8-4-2-6-13(15)11-18/h1-8H,9-10H2. The molecule has 0 aliphatic carbocycles. The van der Waals surface area contributed by atoms with Crippen LogP contribution < -0.4 is 4.74 Å². The number of ether oxygens (including phenoxy) is 1. The smallest absolute Gasteiger partial charge is 0.311 e. The van der Waals surface area contributed by atoms with Crippen LogP contribution in [0.4, 0.5) is 0 Å². The molecule has 0 aliphatic rings. The van der Waals surface area contributed by atoms with Crippen LogP contribution in [0, 0.1) is 11.3 Å². The van der Waals surface area contributed by atoms with E-state index in [0.29, 0.717) is 22.8 Å². The quantitative estimate of drug-likeness (QED) is 0.635. The number of carbonyl (C=O) groups excluding carboxylic acids is 1. The topological polar surface area (TPSA) is 50.1 Å². The van der Waals surface area contributed by atoms with E-state index in [2.05, 4.69) is 0 Å². The van der Waals surface area contributed by atoms with Gasteiger partial charge in [-0.3, -0.25) is 4.79 Å². The van der Waals surface area contributed by atoms with Gasteiger partial charge >= 0.3 is 5.97 Å². The first-order valence-electron chi connectivity index (χ1n) is 6.14. The van der Waals surface area contributed by atoms with Crippen LogP contribution in [0.25, 0.3) is 0 Å². The monoisotopic (exact) mass is 285 g/mol. The summed E-state index contributed by atoms with van der Waals surface area (Å²) in [7, 11) is 0. The highest BCUT2D eigenvalue weighted by Gasteiger charge is 2.09. The van der Waals surface area contributed by atoms with E-state index in [1.165, 1.54) is 0 Å². The largest absolute Gasteiger partial charge is 0.425 e. The number of para-hydroxylation sites is 1. The molecule has 100 valence electrons. The predicted molar refractivity (Wildman–Crippen MR) is 76.6 cm³/mol. The lowest BCUT2D eigenvalue weighted by molar-refractivity contribution is -0.134. The van der Waals surface area contributed by atoms with E-state index in [-0.39, 0.29) is 12.4 Å². The Morgan fingerprint density at radius 1 is 1.15 bits per heavy atom. The van der Waals surface area contributed by atoms with Gasteiger partial charge in [-0.25, -0.2) is 0 Å². The van der Waals surface area contributed by atoms with Crippen LogP contribution in [0.2, 0.25) is 5.02 Å². The summed E-state index contributed by atoms with van der Waals surface area (Å²) in [5.74, 6) is -0.0909. The Balaban J connectivity index is 1.97. The highest BCUT2D eigenvalue weighted by molar-refractivity contribution is 6.31. The highest BCUT2D eigenvalue weighted by Crippen LogP contribution is 2.19. The van der Waals surface area contributed by atoms with Crippen LogP contribution in [0.15, 0.2) is 48.5 Å². The molecule has 4 heteroatoms. The van der Waals surface area contributed by atoms with Gasteiger partial charge in [0.15, 0.2) is 0 Å². The van der Waals surface area contributed by atoms with Crippen molar-refractivity contribution in [1.29, 1.82) is 5.26 Å². The zero-order valence-corrected chi connectivity index (χ0v) is 11.4. The van der Waals surface area contributed by atoms with E-state index >= 15 is 0 Å². The van der Waals surface area contributed by atoms with Gasteiger partial charge in [0.1, 0.15) is 11.8 Å². The Morgan fingerprint density at radius 2 is 1.85 bits per heavy atom. The van der Waals surface area contributed by atoms with Crippen molar-refractivity contribution in [2.24, 2.45) is 0 Å². The molecule has 2 aromatic carbocycles. The van der Waals surface area contributed by atoms with Crippen LogP contribution in [-0.4, -0.2) is 5.97 Å². The van der Waals surface area contributed by atoms with E-state index in [1.807, 2.05) is 24.3 Å². The molecule has 0 saturated heterocycles. The molecule has 0 unspecified atom stereocenters. The first kappa shape index (κ1) is 14.1. The van der Waals surface area contributed by atoms with E-state index < -0.39 is 0 Å². The summed E-state index contributed by atoms with van der Waals surface area (Å²) in [6.45, 7) is 0. The maximum Gasteiger partial charge on any atom is 0.311 e. The third-order valence-corrected chi connectivity index (χ3v) is 3.16. The number of esters is 1. The number of hydrogen-bond donors (Lipinski definition) is 0. The number of hydrogen-bond acceptors (Lipinski definition) is 3. The molecule has 0 aromatic heterocycles. The highest BCUT2D eigenvalue weighted by atomic mass is 35.5. The Bertz CT molecular complexity index is 662. The molecule has 0 radical (unpaired) electrons. The fourth-order valence-electron chi connectivity index (χ4n) is 1.76. The second kappa shape index (κ2) is 6.74. The lowest BCUT2D eigenvalue weighted by Crippen LogP contribution is -2.10. The number of halogens is 1. The van der Waals surface area contributed by atoms with Gasteiger partial charge < -0.3 is 4.74 Å². The first-order chi connectivity index (χ1) is 9.70. The van der Waals surface area contributed by atoms with Crippen molar-refractivity contribution in [2.75, 3.05) is 0 Å². The van der Waals surface area contributed by atoms with Gasteiger partial charge in [-0.2, -0.15) is 5.26 Å². The molecule has 0 atom stereocenters. The number of rotatable bonds is 4. The van der Waals surface area contributed by atoms with Crippen molar-refractivity contribution in [3.8, 4) is 11.8 Å². The Hall–Kier alpha value is -2.31. The fraction of sp³-hybridized carbons (Fsp3) is 0.125. The molecule has 3 nitrogen and oxygen atoms in total. The summed E-state index contributed by atoms with van der Waals surface area (Å²) in [5, 5.41) is 9.55. The molecule has 20 heavy (non-hydrogen) atoms. The van der Waals surface area contributed by atoms with Gasteiger partial charge in [-0.15, -0.1) is 0 Å². The van der Waals surface area contributed by atoms with E-state index in [1.54, 1.807) is 30.3 Å². The van der Waals surface area contributed by atoms with Gasteiger partial charge in [0.2, 0.25) is 0 Å². The normalized spacial score (nSPS) is 9.80. The average Bonchev–Trinajstić information content (AvgIpc) is 2.47. The first-order valence-corrected chi connectivity index (χ1v) is 6.51. The van der Waals surface area contributed by atoms with E-state index in [4.69, 9.17) is 21.6 Å². The minimum atomic E-state index is -0.382. The van der Waals surface area contributed by atoms with Crippen molar-refractivity contribution in [2.45, 2.75) is 12.8 Å². The molecule has 2 rings (SSSR count). The van der Waals surface area contributed by atoms with Crippen molar-refractivity contribution in [3.05, 3.63) is 64.7 Å². The lowest BCUT2D eigenvalue weighted by atomic mass is 10.1. The van der Waals surface area contributed by atoms with Crippen LogP contribution in [0.1, 0.15) is 17.5 Å². The van der Waals surface area contributed by atoms with Crippen LogP contribution >= 0.6 is 11.6 Å². The number of aryl methyl sites for hydroxylation is 1. The second-order valence-electron chi connectivity index (χ2n) is 4.17. The summed E-state index contributed by atoms with van der Waals surface area (Å²) in [5.41, 5.74) is 1.25. The Labute approximate surface area is 122 Å². The van der Waals surface area contributed by atoms with Gasteiger partial charge in [-0.05, 0) is 30.2 Å². The summed E-state index contributed by atoms with van der Waals surface area (Å²) >= 11 is 6.02. The average molecular weight is 286 g/mol. The number of carbonyl (C=O) groups is 1. The summed E-state index contributed by atoms with van der Waals surface area (Å²) < 4.78 is 5.19. The molecule has 0 aliphatic heterocycles. The molecule has 0 saturated carbocycles. The van der Waals surface area contributed by atoms with Crippen molar-refractivity contribution >= 4 is 17.6 Å². The maximum atomic E-state index is 11.8. The van der Waals surface area contributed by atoms with Crippen molar-refractivity contribution in [3.63, 3.8) is 0 Å². The van der Waals surface area contributed by atoms with Crippen LogP contribution in [-0.2, 0) is 11.2 Å². The molecule has 0 heterocycles. The summed E-state index contributed by atoms with van der Waals surface area (Å²) in [6.07, 6.45) is 0.719. The minimum Gasteiger partial charge on any atom is -0.425 e. The summed E-state index contributed by atoms with van der Waals surface area (Å²) in [6, 6.07) is 16.0. The molecule has 0 N–H and O–H groups in total. The summed E-state index contributed by atoms with van der Waals surface area (Å²) in [4.78, 5) is 11.8. The van der Waals surface area contributed by atoms with Gasteiger partial charge in [0.05, 0.1) is 12.0 Å². The van der Waals surface area contributed by atoms with Gasteiger partial charge in [-0.1, -0.05) is 41.9 Å². The molecule has 0 fully saturated rings. The van der Waals surface area contributed by atoms with Gasteiger partial charge in [0, 0.05) is 5.02 Å². The number of benzene rings is 2. The Morgan fingerprint density at radius 3 is 2.60 bits per heavy atom. The molecule has 0 spiro atoms. The number of nitriles is 1. The molecule has 2 aromatic rings. The zero-order valence-electron chi connectivity index (χ0n) is 10.7. The van der Waals surface area contributed by atoms with Crippen molar-refractivity contribution in [1.82, 2.24) is 0 Å². The molecule has 0 bridgehead atoms.